The standard InChI is InChI=1S/C12H13N3/c1-3-9-10(13-6-1)5-8-15-12(9)11-4-2-7-14-11/h1,3,5-6,8,11,14H,2,4,7H2. The van der Waals surface area contributed by atoms with Crippen molar-refractivity contribution in [2.24, 2.45) is 0 Å². The maximum absolute atomic E-state index is 4.49. The maximum Gasteiger partial charge on any atom is 0.0736 e. The Balaban J connectivity index is 2.16. The van der Waals surface area contributed by atoms with Gasteiger partial charge in [0.1, 0.15) is 0 Å². The lowest BCUT2D eigenvalue weighted by Gasteiger charge is -2.11. The van der Waals surface area contributed by atoms with E-state index in [-0.39, 0.29) is 0 Å². The van der Waals surface area contributed by atoms with Crippen LogP contribution in [0.5, 0.6) is 0 Å². The summed E-state index contributed by atoms with van der Waals surface area (Å²) >= 11 is 0. The van der Waals surface area contributed by atoms with Gasteiger partial charge in [-0.1, -0.05) is 0 Å². The summed E-state index contributed by atoms with van der Waals surface area (Å²) in [5, 5.41) is 4.65. The van der Waals surface area contributed by atoms with Crippen LogP contribution in [0, 0.1) is 0 Å². The Morgan fingerprint density at radius 3 is 3.07 bits per heavy atom. The van der Waals surface area contributed by atoms with Crippen molar-refractivity contribution in [3.05, 3.63) is 36.3 Å². The van der Waals surface area contributed by atoms with Gasteiger partial charge >= 0.3 is 0 Å². The third kappa shape index (κ3) is 1.49. The van der Waals surface area contributed by atoms with Gasteiger partial charge in [-0.05, 0) is 37.6 Å². The Labute approximate surface area is 88.6 Å². The van der Waals surface area contributed by atoms with E-state index < -0.39 is 0 Å². The van der Waals surface area contributed by atoms with E-state index in [0.717, 1.165) is 17.8 Å². The summed E-state index contributed by atoms with van der Waals surface area (Å²) in [5.74, 6) is 0. The molecule has 3 rings (SSSR count). The molecule has 0 spiro atoms. The number of nitrogens with one attached hydrogen (secondary N) is 1. The summed E-state index contributed by atoms with van der Waals surface area (Å²) in [7, 11) is 0. The topological polar surface area (TPSA) is 37.8 Å². The van der Waals surface area contributed by atoms with E-state index in [9.17, 15) is 0 Å². The van der Waals surface area contributed by atoms with Gasteiger partial charge in [-0.15, -0.1) is 0 Å². The summed E-state index contributed by atoms with van der Waals surface area (Å²) in [4.78, 5) is 8.83. The molecule has 0 amide bonds. The monoisotopic (exact) mass is 199 g/mol. The van der Waals surface area contributed by atoms with Crippen LogP contribution >= 0.6 is 0 Å². The number of hydrogen-bond acceptors (Lipinski definition) is 3. The highest BCUT2D eigenvalue weighted by Gasteiger charge is 2.19. The van der Waals surface area contributed by atoms with Crippen LogP contribution in [0.3, 0.4) is 0 Å². The lowest BCUT2D eigenvalue weighted by Crippen LogP contribution is -2.14. The van der Waals surface area contributed by atoms with Crippen molar-refractivity contribution >= 4 is 10.9 Å². The Bertz CT molecular complexity index is 470. The summed E-state index contributed by atoms with van der Waals surface area (Å²) in [5.41, 5.74) is 2.19. The van der Waals surface area contributed by atoms with Gasteiger partial charge in [0.15, 0.2) is 0 Å². The van der Waals surface area contributed by atoms with Crippen LogP contribution in [0.1, 0.15) is 24.6 Å². The minimum atomic E-state index is 0.415. The summed E-state index contributed by atoms with van der Waals surface area (Å²) < 4.78 is 0. The van der Waals surface area contributed by atoms with Gasteiger partial charge in [0, 0.05) is 17.8 Å². The molecular weight excluding hydrogens is 186 g/mol. The van der Waals surface area contributed by atoms with E-state index in [2.05, 4.69) is 21.4 Å². The van der Waals surface area contributed by atoms with Gasteiger partial charge < -0.3 is 5.32 Å². The van der Waals surface area contributed by atoms with Crippen molar-refractivity contribution in [1.82, 2.24) is 15.3 Å². The second-order valence-corrected chi connectivity index (χ2v) is 3.92. The van der Waals surface area contributed by atoms with Crippen molar-refractivity contribution < 1.29 is 0 Å². The van der Waals surface area contributed by atoms with Crippen LogP contribution in [-0.4, -0.2) is 16.5 Å². The van der Waals surface area contributed by atoms with E-state index >= 15 is 0 Å². The zero-order valence-electron chi connectivity index (χ0n) is 8.48. The Morgan fingerprint density at radius 2 is 2.20 bits per heavy atom. The molecule has 1 unspecified atom stereocenters. The van der Waals surface area contributed by atoms with E-state index in [1.165, 1.54) is 18.2 Å². The van der Waals surface area contributed by atoms with Crippen LogP contribution in [0.4, 0.5) is 0 Å². The zero-order chi connectivity index (χ0) is 10.1. The van der Waals surface area contributed by atoms with Crippen LogP contribution < -0.4 is 5.32 Å². The van der Waals surface area contributed by atoms with Gasteiger partial charge in [-0.3, -0.25) is 9.97 Å². The Morgan fingerprint density at radius 1 is 1.20 bits per heavy atom. The Hall–Kier alpha value is -1.48. The van der Waals surface area contributed by atoms with Gasteiger partial charge in [0.05, 0.1) is 17.3 Å². The third-order valence-corrected chi connectivity index (χ3v) is 2.95. The van der Waals surface area contributed by atoms with Crippen LogP contribution in [0.2, 0.25) is 0 Å². The molecule has 1 saturated heterocycles. The van der Waals surface area contributed by atoms with Gasteiger partial charge in [-0.25, -0.2) is 0 Å². The number of nitrogens with zero attached hydrogens (tertiary/aromatic N) is 2. The molecule has 3 heteroatoms. The maximum atomic E-state index is 4.49. The molecule has 15 heavy (non-hydrogen) atoms. The number of fused-ring (bicyclic) bond motifs is 1. The SMILES string of the molecule is c1cnc2ccnc(C3CCCN3)c2c1. The summed E-state index contributed by atoms with van der Waals surface area (Å²) in [6.45, 7) is 1.10. The molecule has 1 N–H and O–H groups in total. The van der Waals surface area contributed by atoms with Crippen molar-refractivity contribution in [3.8, 4) is 0 Å². The molecule has 0 aromatic carbocycles. The minimum Gasteiger partial charge on any atom is -0.309 e. The molecule has 76 valence electrons. The molecule has 3 nitrogen and oxygen atoms in total. The number of rotatable bonds is 1. The first-order valence-corrected chi connectivity index (χ1v) is 5.38. The predicted molar refractivity (Wildman–Crippen MR) is 59.5 cm³/mol. The van der Waals surface area contributed by atoms with Crippen LogP contribution in [0.25, 0.3) is 10.9 Å². The molecule has 1 fully saturated rings. The Kier molecular flexibility index (Phi) is 2.10. The smallest absolute Gasteiger partial charge is 0.0736 e. The highest BCUT2D eigenvalue weighted by molar-refractivity contribution is 5.80. The average Bonchev–Trinajstić information content (AvgIpc) is 2.82. The predicted octanol–water partition coefficient (Wildman–Crippen LogP) is 2.05. The fourth-order valence-corrected chi connectivity index (χ4v) is 2.22. The first-order chi connectivity index (χ1) is 7.45. The molecule has 1 aliphatic heterocycles. The number of aromatic nitrogens is 2. The molecule has 3 heterocycles. The molecule has 1 aliphatic rings. The minimum absolute atomic E-state index is 0.415. The average molecular weight is 199 g/mol. The van der Waals surface area contributed by atoms with E-state index in [4.69, 9.17) is 0 Å². The van der Waals surface area contributed by atoms with Gasteiger partial charge in [-0.2, -0.15) is 0 Å². The van der Waals surface area contributed by atoms with Crippen molar-refractivity contribution in [3.63, 3.8) is 0 Å². The van der Waals surface area contributed by atoms with E-state index in [1.807, 2.05) is 24.5 Å². The molecule has 0 saturated carbocycles. The molecule has 0 aliphatic carbocycles. The third-order valence-electron chi connectivity index (χ3n) is 2.95. The van der Waals surface area contributed by atoms with Crippen LogP contribution in [-0.2, 0) is 0 Å². The first kappa shape index (κ1) is 8.80. The molecular formula is C12H13N3. The molecule has 1 atom stereocenters. The number of pyridine rings is 2. The van der Waals surface area contributed by atoms with E-state index in [0.29, 0.717) is 6.04 Å². The largest absolute Gasteiger partial charge is 0.309 e. The van der Waals surface area contributed by atoms with Gasteiger partial charge in [0.25, 0.3) is 0 Å². The zero-order valence-corrected chi connectivity index (χ0v) is 8.48. The second kappa shape index (κ2) is 3.59. The highest BCUT2D eigenvalue weighted by Crippen LogP contribution is 2.26. The lowest BCUT2D eigenvalue weighted by molar-refractivity contribution is 0.634. The fraction of sp³-hybridized carbons (Fsp3) is 0.333. The van der Waals surface area contributed by atoms with Gasteiger partial charge in [0.2, 0.25) is 0 Å². The van der Waals surface area contributed by atoms with Crippen molar-refractivity contribution in [2.75, 3.05) is 6.54 Å². The van der Waals surface area contributed by atoms with Crippen molar-refractivity contribution in [2.45, 2.75) is 18.9 Å². The fourth-order valence-electron chi connectivity index (χ4n) is 2.22. The van der Waals surface area contributed by atoms with E-state index in [1.54, 1.807) is 0 Å². The highest BCUT2D eigenvalue weighted by atomic mass is 15.0. The molecule has 2 aromatic rings. The van der Waals surface area contributed by atoms with Crippen molar-refractivity contribution in [1.29, 1.82) is 0 Å². The molecule has 0 radical (unpaired) electrons. The summed E-state index contributed by atoms with van der Waals surface area (Å²) in [6.07, 6.45) is 6.10. The summed E-state index contributed by atoms with van der Waals surface area (Å²) in [6, 6.07) is 6.46. The lowest BCUT2D eigenvalue weighted by atomic mass is 10.1. The quantitative estimate of drug-likeness (QED) is 0.763. The molecule has 2 aromatic heterocycles. The first-order valence-electron chi connectivity index (χ1n) is 5.38. The molecule has 0 bridgehead atoms. The van der Waals surface area contributed by atoms with Crippen LogP contribution in [0.15, 0.2) is 30.6 Å². The number of hydrogen-bond donors (Lipinski definition) is 1. The second-order valence-electron chi connectivity index (χ2n) is 3.92. The normalized spacial score (nSPS) is 20.9.